The average Bonchev–Trinajstić information content (AvgIpc) is 3.34. The van der Waals surface area contributed by atoms with Crippen LogP contribution in [0.15, 0.2) is 35.2 Å². The Hall–Kier alpha value is -1.97. The lowest BCUT2D eigenvalue weighted by Gasteiger charge is -2.46. The molecule has 2 aromatic rings. The summed E-state index contributed by atoms with van der Waals surface area (Å²) in [4.78, 5) is 3.17. The van der Waals surface area contributed by atoms with Gasteiger partial charge in [-0.2, -0.15) is 0 Å². The summed E-state index contributed by atoms with van der Waals surface area (Å²) in [6, 6.07) is 2.65. The van der Waals surface area contributed by atoms with Gasteiger partial charge in [0.25, 0.3) is 0 Å². The van der Waals surface area contributed by atoms with Gasteiger partial charge in [-0.15, -0.1) is 0 Å². The third-order valence-corrected chi connectivity index (χ3v) is 10.3. The molecule has 9 heteroatoms. The molecule has 2 atom stereocenters. The number of nitrogens with zero attached hydrogens (tertiary/aromatic N) is 1. The lowest BCUT2D eigenvalue weighted by molar-refractivity contribution is -0.145. The largest absolute Gasteiger partial charge is 0.384 e. The zero-order chi connectivity index (χ0) is 31.7. The van der Waals surface area contributed by atoms with Crippen LogP contribution in [0.4, 0.5) is 19.4 Å². The van der Waals surface area contributed by atoms with E-state index < -0.39 is 26.8 Å². The third-order valence-electron chi connectivity index (χ3n) is 9.15. The first-order valence-electron chi connectivity index (χ1n) is 14.8. The van der Waals surface area contributed by atoms with E-state index in [4.69, 9.17) is 9.72 Å². The van der Waals surface area contributed by atoms with Crippen molar-refractivity contribution in [1.82, 2.24) is 4.98 Å². The second-order valence-electron chi connectivity index (χ2n) is 14.8. The maximum Gasteiger partial charge on any atom is 0.310 e. The van der Waals surface area contributed by atoms with Gasteiger partial charge < -0.3 is 9.84 Å². The summed E-state index contributed by atoms with van der Waals surface area (Å²) in [6.07, 6.45) is 4.53. The van der Waals surface area contributed by atoms with Crippen LogP contribution in [-0.4, -0.2) is 15.7 Å². The van der Waals surface area contributed by atoms with E-state index in [1.807, 2.05) is 13.8 Å². The zero-order valence-corrected chi connectivity index (χ0v) is 27.1. The summed E-state index contributed by atoms with van der Waals surface area (Å²) >= 11 is 0. The number of aromatic nitrogens is 1. The summed E-state index contributed by atoms with van der Waals surface area (Å²) in [5, 5.41) is 11.9. The Kier molecular flexibility index (Phi) is 7.66. The first kappa shape index (κ1) is 32.9. The molecule has 4 rings (SSSR count). The van der Waals surface area contributed by atoms with Crippen molar-refractivity contribution >= 4 is 15.8 Å². The van der Waals surface area contributed by atoms with Gasteiger partial charge in [-0.25, -0.2) is 0 Å². The Labute approximate surface area is 247 Å². The van der Waals surface area contributed by atoms with Crippen molar-refractivity contribution in [3.05, 3.63) is 64.0 Å². The van der Waals surface area contributed by atoms with Gasteiger partial charge in [0.1, 0.15) is 11.0 Å². The summed E-state index contributed by atoms with van der Waals surface area (Å²) in [7, 11) is -9.85. The van der Waals surface area contributed by atoms with Gasteiger partial charge in [0.05, 0.1) is 11.7 Å². The molecule has 2 aliphatic rings. The molecule has 0 fully saturated rings. The van der Waals surface area contributed by atoms with Gasteiger partial charge in [0.2, 0.25) is 0 Å². The predicted molar refractivity (Wildman–Crippen MR) is 162 cm³/mol. The number of hydrogen-bond acceptors (Lipinski definition) is 3. The zero-order valence-electron chi connectivity index (χ0n) is 26.3. The highest BCUT2D eigenvalue weighted by atomic mass is 32.5. The molecule has 1 aromatic heterocycles. The fourth-order valence-corrected chi connectivity index (χ4v) is 6.61. The maximum atomic E-state index is 13.5. The molecule has 2 aliphatic carbocycles. The first-order valence-corrected chi connectivity index (χ1v) is 16.7. The molecular formula is C33H46F5NO2S. The number of rotatable bonds is 7. The second-order valence-corrected chi connectivity index (χ2v) is 17.2. The third kappa shape index (κ3) is 6.58. The van der Waals surface area contributed by atoms with E-state index in [9.17, 15) is 24.5 Å². The van der Waals surface area contributed by atoms with E-state index in [1.54, 1.807) is 0 Å². The van der Waals surface area contributed by atoms with Gasteiger partial charge in [-0.1, -0.05) is 86.1 Å². The summed E-state index contributed by atoms with van der Waals surface area (Å²) in [5.74, 6) is -0.111. The molecule has 0 saturated carbocycles. The highest BCUT2D eigenvalue weighted by Gasteiger charge is 2.65. The molecular weight excluding hydrogens is 569 g/mol. The lowest BCUT2D eigenvalue weighted by atomic mass is 9.70. The van der Waals surface area contributed by atoms with Gasteiger partial charge in [-0.3, -0.25) is 4.98 Å². The number of halogens is 5. The molecule has 0 spiro atoms. The van der Waals surface area contributed by atoms with Crippen molar-refractivity contribution in [2.24, 2.45) is 10.8 Å². The van der Waals surface area contributed by atoms with E-state index in [0.29, 0.717) is 29.8 Å². The van der Waals surface area contributed by atoms with Crippen LogP contribution in [-0.2, 0) is 11.2 Å². The Morgan fingerprint density at radius 1 is 1.00 bits per heavy atom. The molecule has 0 amide bonds. The van der Waals surface area contributed by atoms with Crippen molar-refractivity contribution in [3.8, 4) is 0 Å². The summed E-state index contributed by atoms with van der Waals surface area (Å²) in [5.41, 5.74) is 4.27. The van der Waals surface area contributed by atoms with E-state index in [0.717, 1.165) is 60.2 Å². The topological polar surface area (TPSA) is 42.4 Å². The molecule has 42 heavy (non-hydrogen) atoms. The minimum absolute atomic E-state index is 0.101. The molecule has 0 saturated heterocycles. The number of pyridine rings is 1. The lowest BCUT2D eigenvalue weighted by Crippen LogP contribution is -2.43. The van der Waals surface area contributed by atoms with Crippen molar-refractivity contribution in [2.75, 3.05) is 0 Å². The number of ether oxygens (including phenoxy) is 1. The highest BCUT2D eigenvalue weighted by molar-refractivity contribution is 8.45. The maximum absolute atomic E-state index is 13.5. The molecule has 0 unspecified atom stereocenters. The monoisotopic (exact) mass is 615 g/mol. The van der Waals surface area contributed by atoms with Crippen LogP contribution >= 0.6 is 10.2 Å². The number of fused-ring (bicyclic) bond motifs is 1. The minimum atomic E-state index is -9.85. The van der Waals surface area contributed by atoms with Crippen LogP contribution < -0.4 is 0 Å². The second kappa shape index (κ2) is 9.77. The average molecular weight is 616 g/mol. The highest BCUT2D eigenvalue weighted by Crippen LogP contribution is 3.02. The Morgan fingerprint density at radius 3 is 2.07 bits per heavy atom. The summed E-state index contributed by atoms with van der Waals surface area (Å²) < 4.78 is 74.3. The Balaban J connectivity index is 1.99. The molecule has 1 aromatic carbocycles. The Morgan fingerprint density at radius 2 is 1.60 bits per heavy atom. The standard InChI is InChI=1S/C33H46F5NO2S/c1-20(2)29-28(30(40)22-14-16-23(17-15-22)42(34,35,36,37)38)26(21-12-10-11-13-21)27-24(39-29)18-32(6,7)19-25(27)41-33(8,9)31(3,4)5/h12,14-17,20,25,30,40H,10-11,13,18-19H2,1-9H3/t25-,30+/m0/s1. The van der Waals surface area contributed by atoms with Crippen molar-refractivity contribution in [3.63, 3.8) is 0 Å². The predicted octanol–water partition coefficient (Wildman–Crippen LogP) is 11.4. The minimum Gasteiger partial charge on any atom is -0.384 e. The van der Waals surface area contributed by atoms with Crippen LogP contribution in [0.5, 0.6) is 0 Å². The van der Waals surface area contributed by atoms with E-state index in [-0.39, 0.29) is 28.4 Å². The fraction of sp³-hybridized carbons (Fsp3) is 0.606. The summed E-state index contributed by atoms with van der Waals surface area (Å²) in [6.45, 7) is 18.9. The Bertz CT molecular complexity index is 1390. The van der Waals surface area contributed by atoms with E-state index >= 15 is 0 Å². The molecule has 1 N–H and O–H groups in total. The smallest absolute Gasteiger partial charge is 0.310 e. The number of hydrogen-bond donors (Lipinski definition) is 1. The van der Waals surface area contributed by atoms with Crippen LogP contribution in [0.1, 0.15) is 140 Å². The number of aliphatic hydroxyl groups is 1. The van der Waals surface area contributed by atoms with Crippen molar-refractivity contribution < 1.29 is 29.3 Å². The van der Waals surface area contributed by atoms with E-state index in [2.05, 4.69) is 54.5 Å². The number of aliphatic hydroxyl groups excluding tert-OH is 1. The van der Waals surface area contributed by atoms with Crippen molar-refractivity contribution in [1.29, 1.82) is 0 Å². The van der Waals surface area contributed by atoms with Gasteiger partial charge >= 0.3 is 10.2 Å². The molecule has 0 radical (unpaired) electrons. The van der Waals surface area contributed by atoms with Crippen molar-refractivity contribution in [2.45, 2.75) is 123 Å². The molecule has 3 nitrogen and oxygen atoms in total. The molecule has 0 bridgehead atoms. The van der Waals surface area contributed by atoms with Crippen LogP contribution in [0.3, 0.4) is 0 Å². The molecule has 236 valence electrons. The quantitative estimate of drug-likeness (QED) is 0.315. The number of allylic oxidation sites excluding steroid dienone is 2. The van der Waals surface area contributed by atoms with Gasteiger partial charge in [0, 0.05) is 22.5 Å². The van der Waals surface area contributed by atoms with Gasteiger partial charge in [-0.05, 0) is 91.5 Å². The molecule has 0 aliphatic heterocycles. The fourth-order valence-electron chi connectivity index (χ4n) is 5.96. The number of benzene rings is 1. The van der Waals surface area contributed by atoms with E-state index in [1.165, 1.54) is 0 Å². The van der Waals surface area contributed by atoms with Gasteiger partial charge in [0.15, 0.2) is 0 Å². The first-order chi connectivity index (χ1) is 18.8. The molecule has 1 heterocycles. The van der Waals surface area contributed by atoms with Crippen LogP contribution in [0, 0.1) is 10.8 Å². The SMILES string of the molecule is CC(C)c1nc2c(c(C3=CCCC3)c1[C@H](O)c1ccc(S(F)(F)(F)(F)F)cc1)[C@@H](OC(C)(C)C(C)(C)C)CC(C)(C)C2. The van der Waals surface area contributed by atoms with Crippen LogP contribution in [0.25, 0.3) is 5.57 Å². The van der Waals surface area contributed by atoms with Crippen LogP contribution in [0.2, 0.25) is 0 Å². The normalized spacial score (nSPS) is 21.9.